The zero-order valence-electron chi connectivity index (χ0n) is 9.47. The first-order valence-corrected chi connectivity index (χ1v) is 4.96. The first-order chi connectivity index (χ1) is 6.96. The molecule has 82 valence electrons. The van der Waals surface area contributed by atoms with Gasteiger partial charge in [-0.05, 0) is 6.42 Å². The number of hydrogen-bond donors (Lipinski definition) is 0. The summed E-state index contributed by atoms with van der Waals surface area (Å²) in [5.41, 5.74) is -0.375. The molecule has 0 N–H and O–H groups in total. The van der Waals surface area contributed by atoms with Crippen molar-refractivity contribution in [1.82, 2.24) is 14.8 Å². The van der Waals surface area contributed by atoms with Gasteiger partial charge < -0.3 is 0 Å². The molecule has 0 bridgehead atoms. The molecule has 0 aliphatic carbocycles. The Hall–Kier alpha value is -1.45. The van der Waals surface area contributed by atoms with Crippen molar-refractivity contribution in [3.8, 4) is 0 Å². The van der Waals surface area contributed by atoms with Crippen molar-refractivity contribution in [1.29, 1.82) is 0 Å². The van der Waals surface area contributed by atoms with Crippen molar-refractivity contribution in [3.05, 3.63) is 25.3 Å². The zero-order valence-corrected chi connectivity index (χ0v) is 9.47. The maximum absolute atomic E-state index is 12.1. The number of carbonyl (C=O) groups is 1. The Labute approximate surface area is 90.0 Å². The molecule has 0 saturated carbocycles. The first kappa shape index (κ1) is 11.6. The summed E-state index contributed by atoms with van der Waals surface area (Å²) in [6, 6.07) is -0.287. The summed E-state index contributed by atoms with van der Waals surface area (Å²) in [4.78, 5) is 16.0. The van der Waals surface area contributed by atoms with Gasteiger partial charge in [0.2, 0.25) is 0 Å². The van der Waals surface area contributed by atoms with Crippen molar-refractivity contribution in [2.24, 2.45) is 5.41 Å². The highest BCUT2D eigenvalue weighted by molar-refractivity contribution is 5.87. The molecule has 1 rings (SSSR count). The fourth-order valence-electron chi connectivity index (χ4n) is 1.37. The van der Waals surface area contributed by atoms with E-state index in [4.69, 9.17) is 0 Å². The van der Waals surface area contributed by atoms with E-state index in [1.54, 1.807) is 17.1 Å². The smallest absolute Gasteiger partial charge is 0.163 e. The van der Waals surface area contributed by atoms with Gasteiger partial charge in [0.25, 0.3) is 0 Å². The summed E-state index contributed by atoms with van der Waals surface area (Å²) in [6.45, 7) is 9.38. The van der Waals surface area contributed by atoms with Gasteiger partial charge in [-0.1, -0.05) is 26.8 Å². The molecule has 1 atom stereocenters. The minimum atomic E-state index is -0.375. The Morgan fingerprint density at radius 2 is 2.27 bits per heavy atom. The zero-order chi connectivity index (χ0) is 11.5. The average molecular weight is 207 g/mol. The summed E-state index contributed by atoms with van der Waals surface area (Å²) in [7, 11) is 0. The number of nitrogens with zero attached hydrogens (tertiary/aromatic N) is 3. The number of allylic oxidation sites excluding steroid dienone is 1. The van der Waals surface area contributed by atoms with Crippen molar-refractivity contribution in [2.75, 3.05) is 0 Å². The Balaban J connectivity index is 2.93. The van der Waals surface area contributed by atoms with Crippen LogP contribution >= 0.6 is 0 Å². The van der Waals surface area contributed by atoms with Crippen LogP contribution in [0.2, 0.25) is 0 Å². The molecule has 1 aromatic rings. The van der Waals surface area contributed by atoms with Gasteiger partial charge >= 0.3 is 0 Å². The summed E-state index contributed by atoms with van der Waals surface area (Å²) < 4.78 is 1.59. The largest absolute Gasteiger partial charge is 0.297 e. The third-order valence-electron chi connectivity index (χ3n) is 2.19. The lowest BCUT2D eigenvalue weighted by Crippen LogP contribution is -2.30. The Morgan fingerprint density at radius 1 is 1.60 bits per heavy atom. The minimum Gasteiger partial charge on any atom is -0.297 e. The lowest BCUT2D eigenvalue weighted by atomic mass is 9.85. The SMILES string of the molecule is C=CCC(C(=O)C(C)(C)C)n1cncn1. The van der Waals surface area contributed by atoms with Gasteiger partial charge in [0.1, 0.15) is 18.7 Å². The standard InChI is InChI=1S/C11H17N3O/c1-5-6-9(10(15)11(2,3)4)14-8-12-7-13-14/h5,7-9H,1,6H2,2-4H3. The molecular weight excluding hydrogens is 190 g/mol. The normalized spacial score (nSPS) is 13.5. The molecular formula is C11H17N3O. The van der Waals surface area contributed by atoms with Crippen LogP contribution in [0.3, 0.4) is 0 Å². The third-order valence-corrected chi connectivity index (χ3v) is 2.19. The molecule has 0 radical (unpaired) electrons. The number of hydrogen-bond acceptors (Lipinski definition) is 3. The molecule has 0 fully saturated rings. The van der Waals surface area contributed by atoms with Gasteiger partial charge in [-0.3, -0.25) is 4.79 Å². The second-order valence-corrected chi connectivity index (χ2v) is 4.53. The molecule has 0 aliphatic heterocycles. The topological polar surface area (TPSA) is 47.8 Å². The van der Waals surface area contributed by atoms with Crippen LogP contribution < -0.4 is 0 Å². The van der Waals surface area contributed by atoms with Gasteiger partial charge in [0.15, 0.2) is 5.78 Å². The van der Waals surface area contributed by atoms with E-state index in [0.29, 0.717) is 6.42 Å². The van der Waals surface area contributed by atoms with Crippen molar-refractivity contribution < 1.29 is 4.79 Å². The van der Waals surface area contributed by atoms with E-state index in [0.717, 1.165) is 0 Å². The molecule has 0 amide bonds. The maximum Gasteiger partial charge on any atom is 0.163 e. The van der Waals surface area contributed by atoms with Crippen LogP contribution in [-0.2, 0) is 4.79 Å². The van der Waals surface area contributed by atoms with Crippen LogP contribution in [0.5, 0.6) is 0 Å². The predicted molar refractivity (Wildman–Crippen MR) is 58.3 cm³/mol. The van der Waals surface area contributed by atoms with Crippen LogP contribution in [-0.4, -0.2) is 20.5 Å². The summed E-state index contributed by atoms with van der Waals surface area (Å²) in [6.07, 6.45) is 5.32. The van der Waals surface area contributed by atoms with Crippen molar-refractivity contribution in [3.63, 3.8) is 0 Å². The highest BCUT2D eigenvalue weighted by Crippen LogP contribution is 2.25. The number of aromatic nitrogens is 3. The molecule has 15 heavy (non-hydrogen) atoms. The van der Waals surface area contributed by atoms with Crippen molar-refractivity contribution in [2.45, 2.75) is 33.2 Å². The molecule has 0 spiro atoms. The quantitative estimate of drug-likeness (QED) is 0.709. The van der Waals surface area contributed by atoms with Crippen LogP contribution in [0, 0.1) is 5.41 Å². The fraction of sp³-hybridized carbons (Fsp3) is 0.545. The molecule has 1 heterocycles. The third kappa shape index (κ3) is 2.75. The second-order valence-electron chi connectivity index (χ2n) is 4.53. The van der Waals surface area contributed by atoms with Gasteiger partial charge in [-0.25, -0.2) is 9.67 Å². The number of carbonyl (C=O) groups excluding carboxylic acids is 1. The van der Waals surface area contributed by atoms with Gasteiger partial charge in [-0.15, -0.1) is 6.58 Å². The summed E-state index contributed by atoms with van der Waals surface area (Å²) in [5.74, 6) is 0.146. The monoisotopic (exact) mass is 207 g/mol. The Bertz CT molecular complexity index is 335. The molecule has 4 nitrogen and oxygen atoms in total. The lowest BCUT2D eigenvalue weighted by molar-refractivity contribution is -0.129. The van der Waals surface area contributed by atoms with Crippen LogP contribution in [0.4, 0.5) is 0 Å². The summed E-state index contributed by atoms with van der Waals surface area (Å²) >= 11 is 0. The molecule has 1 unspecified atom stereocenters. The van der Waals surface area contributed by atoms with Crippen LogP contribution in [0.15, 0.2) is 25.3 Å². The highest BCUT2D eigenvalue weighted by Gasteiger charge is 2.30. The predicted octanol–water partition coefficient (Wildman–Crippen LogP) is 2.01. The van der Waals surface area contributed by atoms with Crippen LogP contribution in [0.1, 0.15) is 33.2 Å². The Kier molecular flexibility index (Phi) is 3.39. The highest BCUT2D eigenvalue weighted by atomic mass is 16.1. The number of Topliss-reactive ketones (excluding diaryl/α,β-unsaturated/α-hetero) is 1. The van der Waals surface area contributed by atoms with Crippen molar-refractivity contribution >= 4 is 5.78 Å². The van der Waals surface area contributed by atoms with E-state index in [1.165, 1.54) is 6.33 Å². The first-order valence-electron chi connectivity index (χ1n) is 4.96. The van der Waals surface area contributed by atoms with E-state index in [1.807, 2.05) is 20.8 Å². The average Bonchev–Trinajstić information content (AvgIpc) is 2.64. The van der Waals surface area contributed by atoms with Crippen LogP contribution in [0.25, 0.3) is 0 Å². The molecule has 0 aromatic carbocycles. The number of ketones is 1. The maximum atomic E-state index is 12.1. The molecule has 1 aromatic heterocycles. The fourth-order valence-corrected chi connectivity index (χ4v) is 1.37. The van der Waals surface area contributed by atoms with E-state index < -0.39 is 0 Å². The minimum absolute atomic E-state index is 0.146. The lowest BCUT2D eigenvalue weighted by Gasteiger charge is -2.23. The van der Waals surface area contributed by atoms with Gasteiger partial charge in [0, 0.05) is 5.41 Å². The second kappa shape index (κ2) is 4.38. The summed E-state index contributed by atoms with van der Waals surface area (Å²) in [5, 5.41) is 4.01. The molecule has 0 aliphatic rings. The van der Waals surface area contributed by atoms with Gasteiger partial charge in [-0.2, -0.15) is 5.10 Å². The number of rotatable bonds is 4. The Morgan fingerprint density at radius 3 is 2.67 bits per heavy atom. The molecule has 4 heteroatoms. The van der Waals surface area contributed by atoms with E-state index in [9.17, 15) is 4.79 Å². The van der Waals surface area contributed by atoms with E-state index in [-0.39, 0.29) is 17.2 Å². The van der Waals surface area contributed by atoms with Gasteiger partial charge in [0.05, 0.1) is 0 Å². The molecule has 0 saturated heterocycles. The van der Waals surface area contributed by atoms with E-state index >= 15 is 0 Å². The van der Waals surface area contributed by atoms with E-state index in [2.05, 4.69) is 16.7 Å².